The molecule has 0 radical (unpaired) electrons. The first-order valence-electron chi connectivity index (χ1n) is 9.64. The molecule has 0 aromatic rings. The molecular formula is C20H27N3O4. The van der Waals surface area contributed by atoms with Crippen LogP contribution in [0.4, 0.5) is 4.79 Å². The maximum Gasteiger partial charge on any atom is 0.410 e. The van der Waals surface area contributed by atoms with Gasteiger partial charge in [-0.3, -0.25) is 9.69 Å². The molecule has 0 spiro atoms. The Balaban J connectivity index is 1.18. The Labute approximate surface area is 159 Å². The van der Waals surface area contributed by atoms with Gasteiger partial charge in [0, 0.05) is 43.7 Å². The van der Waals surface area contributed by atoms with Crippen molar-refractivity contribution in [1.82, 2.24) is 15.1 Å². The summed E-state index contributed by atoms with van der Waals surface area (Å²) in [4.78, 5) is 27.9. The van der Waals surface area contributed by atoms with Gasteiger partial charge in [-0.25, -0.2) is 4.79 Å². The van der Waals surface area contributed by atoms with Gasteiger partial charge in [-0.1, -0.05) is 30.9 Å². The Morgan fingerprint density at radius 3 is 2.93 bits per heavy atom. The average Bonchev–Trinajstić information content (AvgIpc) is 3.28. The van der Waals surface area contributed by atoms with Gasteiger partial charge in [0.15, 0.2) is 6.61 Å². The van der Waals surface area contributed by atoms with Crippen molar-refractivity contribution in [2.75, 3.05) is 52.5 Å². The molecule has 4 aliphatic rings. The minimum atomic E-state index is -0.452. The minimum Gasteiger partial charge on any atom is -0.439 e. The third-order valence-corrected chi connectivity index (χ3v) is 6.24. The Kier molecular flexibility index (Phi) is 4.82. The summed E-state index contributed by atoms with van der Waals surface area (Å²) in [5.74, 6) is -0.261. The van der Waals surface area contributed by atoms with Gasteiger partial charge in [0.05, 0.1) is 13.2 Å². The number of ether oxygens (including phenoxy) is 2. The lowest BCUT2D eigenvalue weighted by Crippen LogP contribution is -2.43. The number of nitrogens with one attached hydrogen (secondary N) is 1. The van der Waals surface area contributed by atoms with Crippen molar-refractivity contribution in [3.63, 3.8) is 0 Å². The maximum absolute atomic E-state index is 12.0. The fourth-order valence-electron chi connectivity index (χ4n) is 4.67. The fraction of sp³-hybridized carbons (Fsp3) is 0.600. The summed E-state index contributed by atoms with van der Waals surface area (Å²) in [6.45, 7) is 8.06. The van der Waals surface area contributed by atoms with Crippen LogP contribution in [0.25, 0.3) is 0 Å². The number of morpholine rings is 1. The predicted molar refractivity (Wildman–Crippen MR) is 100 cm³/mol. The molecule has 7 heteroatoms. The molecule has 0 aromatic heterocycles. The lowest BCUT2D eigenvalue weighted by atomic mass is 9.91. The maximum atomic E-state index is 12.0. The molecule has 2 aliphatic heterocycles. The van der Waals surface area contributed by atoms with Crippen molar-refractivity contribution in [3.05, 3.63) is 36.5 Å². The highest BCUT2D eigenvalue weighted by Crippen LogP contribution is 2.69. The van der Waals surface area contributed by atoms with Crippen LogP contribution in [0.2, 0.25) is 0 Å². The molecule has 0 aromatic carbocycles. The highest BCUT2D eigenvalue weighted by molar-refractivity contribution is 5.80. The Morgan fingerprint density at radius 1 is 1.33 bits per heavy atom. The van der Waals surface area contributed by atoms with E-state index in [1.165, 1.54) is 5.57 Å². The molecule has 2 atom stereocenters. The molecule has 2 unspecified atom stereocenters. The van der Waals surface area contributed by atoms with Crippen LogP contribution in [-0.4, -0.2) is 79.9 Å². The second-order valence-corrected chi connectivity index (χ2v) is 7.68. The van der Waals surface area contributed by atoms with Crippen molar-refractivity contribution in [2.45, 2.75) is 18.4 Å². The van der Waals surface area contributed by atoms with Gasteiger partial charge in [-0.15, -0.1) is 0 Å². The average molecular weight is 373 g/mol. The summed E-state index contributed by atoms with van der Waals surface area (Å²) < 4.78 is 10.3. The number of amides is 2. The van der Waals surface area contributed by atoms with E-state index in [4.69, 9.17) is 9.47 Å². The zero-order valence-corrected chi connectivity index (χ0v) is 15.6. The SMILES string of the molecule is C=CC1=CC23CCN(CCNC(=O)COC(=O)N4CCOCC4)C2(C=C1)C3. The van der Waals surface area contributed by atoms with Gasteiger partial charge < -0.3 is 19.7 Å². The van der Waals surface area contributed by atoms with Crippen molar-refractivity contribution in [1.29, 1.82) is 0 Å². The molecule has 3 fully saturated rings. The van der Waals surface area contributed by atoms with E-state index >= 15 is 0 Å². The molecular weight excluding hydrogens is 346 g/mol. The zero-order valence-electron chi connectivity index (χ0n) is 15.6. The van der Waals surface area contributed by atoms with Crippen molar-refractivity contribution in [2.24, 2.45) is 5.41 Å². The summed E-state index contributed by atoms with van der Waals surface area (Å²) >= 11 is 0. The van der Waals surface area contributed by atoms with Crippen LogP contribution in [0.3, 0.4) is 0 Å². The number of hydrogen-bond donors (Lipinski definition) is 1. The third-order valence-electron chi connectivity index (χ3n) is 6.24. The first kappa shape index (κ1) is 18.3. The second kappa shape index (κ2) is 7.13. The van der Waals surface area contributed by atoms with Gasteiger partial charge in [0.25, 0.3) is 5.91 Å². The summed E-state index contributed by atoms with van der Waals surface area (Å²) in [5.41, 5.74) is 1.61. The smallest absolute Gasteiger partial charge is 0.410 e. The molecule has 0 bridgehead atoms. The molecule has 2 aliphatic carbocycles. The van der Waals surface area contributed by atoms with Crippen molar-refractivity contribution < 1.29 is 19.1 Å². The first-order chi connectivity index (χ1) is 13.1. The van der Waals surface area contributed by atoms with E-state index in [1.807, 2.05) is 6.08 Å². The van der Waals surface area contributed by atoms with Crippen LogP contribution in [0.5, 0.6) is 0 Å². The van der Waals surface area contributed by atoms with E-state index in [9.17, 15) is 9.59 Å². The molecule has 1 saturated carbocycles. The molecule has 2 amide bonds. The van der Waals surface area contributed by atoms with E-state index in [-0.39, 0.29) is 23.5 Å². The summed E-state index contributed by atoms with van der Waals surface area (Å²) in [5, 5.41) is 2.86. The fourth-order valence-corrected chi connectivity index (χ4v) is 4.67. The highest BCUT2D eigenvalue weighted by Gasteiger charge is 2.71. The summed E-state index contributed by atoms with van der Waals surface area (Å²) in [7, 11) is 0. The number of carbonyl (C=O) groups excluding carboxylic acids is 2. The quantitative estimate of drug-likeness (QED) is 0.755. The molecule has 146 valence electrons. The van der Waals surface area contributed by atoms with E-state index in [2.05, 4.69) is 35.0 Å². The molecule has 2 saturated heterocycles. The van der Waals surface area contributed by atoms with Crippen LogP contribution < -0.4 is 5.32 Å². The predicted octanol–water partition coefficient (Wildman–Crippen LogP) is 1.09. The second-order valence-electron chi connectivity index (χ2n) is 7.68. The minimum absolute atomic E-state index is 0.132. The van der Waals surface area contributed by atoms with Crippen LogP contribution >= 0.6 is 0 Å². The van der Waals surface area contributed by atoms with Crippen LogP contribution in [-0.2, 0) is 14.3 Å². The number of carbonyl (C=O) groups is 2. The van der Waals surface area contributed by atoms with Crippen LogP contribution in [0.15, 0.2) is 36.5 Å². The Hall–Kier alpha value is -2.12. The van der Waals surface area contributed by atoms with E-state index in [0.717, 1.165) is 25.9 Å². The van der Waals surface area contributed by atoms with E-state index < -0.39 is 6.09 Å². The lowest BCUT2D eigenvalue weighted by molar-refractivity contribution is -0.124. The largest absolute Gasteiger partial charge is 0.439 e. The molecule has 1 N–H and O–H groups in total. The summed E-state index contributed by atoms with van der Waals surface area (Å²) in [6, 6.07) is 0. The molecule has 27 heavy (non-hydrogen) atoms. The Bertz CT molecular complexity index is 697. The zero-order chi connectivity index (χ0) is 18.9. The topological polar surface area (TPSA) is 71.1 Å². The van der Waals surface area contributed by atoms with Gasteiger partial charge >= 0.3 is 6.09 Å². The number of likely N-dealkylation sites (tertiary alicyclic amines) is 1. The number of allylic oxidation sites excluding steroid dienone is 3. The van der Waals surface area contributed by atoms with Crippen molar-refractivity contribution in [3.8, 4) is 0 Å². The van der Waals surface area contributed by atoms with Gasteiger partial charge in [-0.2, -0.15) is 0 Å². The van der Waals surface area contributed by atoms with Gasteiger partial charge in [0.2, 0.25) is 0 Å². The highest BCUT2D eigenvalue weighted by atomic mass is 16.6. The van der Waals surface area contributed by atoms with Gasteiger partial charge in [0.1, 0.15) is 0 Å². The van der Waals surface area contributed by atoms with Crippen molar-refractivity contribution >= 4 is 12.0 Å². The lowest BCUT2D eigenvalue weighted by Gasteiger charge is -2.28. The first-order valence-corrected chi connectivity index (χ1v) is 9.64. The molecule has 4 rings (SSSR count). The van der Waals surface area contributed by atoms with E-state index in [0.29, 0.717) is 32.8 Å². The van der Waals surface area contributed by atoms with Gasteiger partial charge in [-0.05, 0) is 18.4 Å². The van der Waals surface area contributed by atoms with E-state index in [1.54, 1.807) is 4.90 Å². The summed E-state index contributed by atoms with van der Waals surface area (Å²) in [6.07, 6.45) is 10.6. The number of nitrogens with zero attached hydrogens (tertiary/aromatic N) is 2. The number of rotatable bonds is 6. The number of piperidine rings is 1. The normalized spacial score (nSPS) is 31.6. The third kappa shape index (κ3) is 3.30. The Morgan fingerprint density at radius 2 is 2.15 bits per heavy atom. The molecule has 2 heterocycles. The molecule has 7 nitrogen and oxygen atoms in total. The monoisotopic (exact) mass is 373 g/mol. The standard InChI is InChI=1S/C20H27N3O4/c1-2-16-3-4-20-15-19(20,13-16)5-7-23(20)8-6-21-17(24)14-27-18(25)22-9-11-26-12-10-22/h2-4,13H,1,5-12,14-15H2,(H,21,24). The number of hydrogen-bond acceptors (Lipinski definition) is 5. The van der Waals surface area contributed by atoms with Crippen LogP contribution in [0, 0.1) is 5.41 Å². The van der Waals surface area contributed by atoms with Crippen LogP contribution in [0.1, 0.15) is 12.8 Å².